The summed E-state index contributed by atoms with van der Waals surface area (Å²) in [4.78, 5) is 12.5. The summed E-state index contributed by atoms with van der Waals surface area (Å²) in [7, 11) is 0. The number of hydrogen-bond acceptors (Lipinski definition) is 3. The fourth-order valence-electron chi connectivity index (χ4n) is 2.11. The maximum absolute atomic E-state index is 13.4. The highest BCUT2D eigenvalue weighted by atomic mass is 35.5. The molecular formula is C18H22ClFN2O2. The second kappa shape index (κ2) is 8.66. The van der Waals surface area contributed by atoms with Crippen molar-refractivity contribution >= 4 is 24.0 Å². The minimum Gasteiger partial charge on any atom is -0.492 e. The Morgan fingerprint density at radius 3 is 2.46 bits per heavy atom. The van der Waals surface area contributed by atoms with Crippen molar-refractivity contribution in [1.29, 1.82) is 0 Å². The van der Waals surface area contributed by atoms with Gasteiger partial charge in [-0.15, -0.1) is 12.4 Å². The van der Waals surface area contributed by atoms with Crippen LogP contribution in [0.2, 0.25) is 0 Å². The topological polar surface area (TPSA) is 64.3 Å². The third-order valence-electron chi connectivity index (χ3n) is 3.61. The van der Waals surface area contributed by atoms with Crippen LogP contribution in [-0.2, 0) is 10.2 Å². The molecule has 2 aromatic carbocycles. The summed E-state index contributed by atoms with van der Waals surface area (Å²) in [6.07, 6.45) is 0. The lowest BCUT2D eigenvalue weighted by molar-refractivity contribution is -0.120. The molecule has 0 saturated carbocycles. The average Bonchev–Trinajstić information content (AvgIpc) is 2.54. The third kappa shape index (κ3) is 4.94. The molecule has 0 aliphatic heterocycles. The van der Waals surface area contributed by atoms with Gasteiger partial charge in [0.05, 0.1) is 5.41 Å². The number of benzene rings is 2. The summed E-state index contributed by atoms with van der Waals surface area (Å²) in [6, 6.07) is 13.1. The molecule has 0 saturated heterocycles. The lowest BCUT2D eigenvalue weighted by atomic mass is 9.83. The summed E-state index contributed by atoms with van der Waals surface area (Å²) in [6.45, 7) is 4.41. The van der Waals surface area contributed by atoms with Gasteiger partial charge < -0.3 is 15.8 Å². The molecule has 0 atom stereocenters. The minimum atomic E-state index is -0.850. The lowest BCUT2D eigenvalue weighted by Gasteiger charge is -2.24. The molecule has 130 valence electrons. The summed E-state index contributed by atoms with van der Waals surface area (Å²) in [5.74, 6) is 0.126. The summed E-state index contributed by atoms with van der Waals surface area (Å²) in [5, 5.41) is 2.84. The molecule has 0 aromatic heterocycles. The van der Waals surface area contributed by atoms with Crippen LogP contribution in [0.3, 0.4) is 0 Å². The van der Waals surface area contributed by atoms with Gasteiger partial charge in [-0.3, -0.25) is 4.79 Å². The predicted molar refractivity (Wildman–Crippen MR) is 96.3 cm³/mol. The molecule has 0 aliphatic carbocycles. The molecule has 24 heavy (non-hydrogen) atoms. The van der Waals surface area contributed by atoms with Crippen molar-refractivity contribution in [3.8, 4) is 5.75 Å². The van der Waals surface area contributed by atoms with Crippen LogP contribution in [0.1, 0.15) is 19.4 Å². The zero-order valence-electron chi connectivity index (χ0n) is 13.7. The highest BCUT2D eigenvalue weighted by molar-refractivity contribution is 5.98. The van der Waals surface area contributed by atoms with Gasteiger partial charge in [-0.1, -0.05) is 12.1 Å². The molecule has 6 heteroatoms. The Morgan fingerprint density at radius 1 is 1.21 bits per heavy atom. The SMILES string of the molecule is CC(C)(C(=O)Nc1ccc(OCCN)cc1)c1cccc(F)c1.Cl. The van der Waals surface area contributed by atoms with Gasteiger partial charge in [0.2, 0.25) is 5.91 Å². The molecule has 0 fully saturated rings. The smallest absolute Gasteiger partial charge is 0.234 e. The molecule has 0 heterocycles. The van der Waals surface area contributed by atoms with E-state index in [1.807, 2.05) is 0 Å². The zero-order valence-corrected chi connectivity index (χ0v) is 14.5. The van der Waals surface area contributed by atoms with E-state index in [0.29, 0.717) is 30.2 Å². The number of ether oxygens (including phenoxy) is 1. The van der Waals surface area contributed by atoms with Gasteiger partial charge in [-0.2, -0.15) is 0 Å². The van der Waals surface area contributed by atoms with E-state index < -0.39 is 5.41 Å². The van der Waals surface area contributed by atoms with Crippen molar-refractivity contribution in [1.82, 2.24) is 0 Å². The number of hydrogen-bond donors (Lipinski definition) is 2. The van der Waals surface area contributed by atoms with Crippen molar-refractivity contribution in [2.45, 2.75) is 19.3 Å². The molecule has 4 nitrogen and oxygen atoms in total. The van der Waals surface area contributed by atoms with Crippen molar-refractivity contribution in [3.63, 3.8) is 0 Å². The Bertz CT molecular complexity index is 675. The second-order valence-corrected chi connectivity index (χ2v) is 5.75. The van der Waals surface area contributed by atoms with Crippen LogP contribution in [0.25, 0.3) is 0 Å². The highest BCUT2D eigenvalue weighted by Gasteiger charge is 2.30. The fourth-order valence-corrected chi connectivity index (χ4v) is 2.11. The van der Waals surface area contributed by atoms with Crippen LogP contribution < -0.4 is 15.8 Å². The molecule has 2 rings (SSSR count). The Kier molecular flexibility index (Phi) is 7.19. The van der Waals surface area contributed by atoms with Crippen LogP contribution in [0.4, 0.5) is 10.1 Å². The minimum absolute atomic E-state index is 0. The van der Waals surface area contributed by atoms with Crippen molar-refractivity contribution in [3.05, 3.63) is 59.9 Å². The van der Waals surface area contributed by atoms with Gasteiger partial charge in [0.15, 0.2) is 0 Å². The van der Waals surface area contributed by atoms with Crippen molar-refractivity contribution in [2.75, 3.05) is 18.5 Å². The molecular weight excluding hydrogens is 331 g/mol. The number of carbonyl (C=O) groups excluding carboxylic acids is 1. The molecule has 0 radical (unpaired) electrons. The van der Waals surface area contributed by atoms with Crippen LogP contribution in [0, 0.1) is 5.82 Å². The van der Waals surface area contributed by atoms with E-state index in [9.17, 15) is 9.18 Å². The Labute approximate surface area is 147 Å². The van der Waals surface area contributed by atoms with Gasteiger partial charge in [-0.25, -0.2) is 4.39 Å². The Hall–Kier alpha value is -2.11. The number of anilines is 1. The average molecular weight is 353 g/mol. The van der Waals surface area contributed by atoms with Gasteiger partial charge >= 0.3 is 0 Å². The maximum atomic E-state index is 13.4. The predicted octanol–water partition coefficient (Wildman–Crippen LogP) is 3.50. The molecule has 3 N–H and O–H groups in total. The van der Waals surface area contributed by atoms with E-state index in [2.05, 4.69) is 5.32 Å². The first-order valence-electron chi connectivity index (χ1n) is 7.44. The summed E-state index contributed by atoms with van der Waals surface area (Å²) in [5.41, 5.74) is 5.80. The summed E-state index contributed by atoms with van der Waals surface area (Å²) >= 11 is 0. The number of nitrogens with two attached hydrogens (primary N) is 1. The lowest BCUT2D eigenvalue weighted by Crippen LogP contribution is -2.34. The normalized spacial score (nSPS) is 10.7. The highest BCUT2D eigenvalue weighted by Crippen LogP contribution is 2.26. The Balaban J connectivity index is 0.00000288. The van der Waals surface area contributed by atoms with E-state index in [4.69, 9.17) is 10.5 Å². The van der Waals surface area contributed by atoms with E-state index >= 15 is 0 Å². The van der Waals surface area contributed by atoms with Crippen molar-refractivity contribution in [2.24, 2.45) is 5.73 Å². The fraction of sp³-hybridized carbons (Fsp3) is 0.278. The zero-order chi connectivity index (χ0) is 16.9. The first-order valence-corrected chi connectivity index (χ1v) is 7.44. The number of halogens is 2. The molecule has 0 aliphatic rings. The van der Waals surface area contributed by atoms with Crippen molar-refractivity contribution < 1.29 is 13.9 Å². The van der Waals surface area contributed by atoms with Gasteiger partial charge in [-0.05, 0) is 55.8 Å². The monoisotopic (exact) mass is 352 g/mol. The molecule has 1 amide bonds. The number of amides is 1. The second-order valence-electron chi connectivity index (χ2n) is 5.75. The van der Waals surface area contributed by atoms with Gasteiger partial charge in [0.25, 0.3) is 0 Å². The van der Waals surface area contributed by atoms with Crippen LogP contribution >= 0.6 is 12.4 Å². The van der Waals surface area contributed by atoms with E-state index in [-0.39, 0.29) is 24.1 Å². The standard InChI is InChI=1S/C18H21FN2O2.ClH/c1-18(2,13-4-3-5-14(19)12-13)17(22)21-15-6-8-16(9-7-15)23-11-10-20;/h3-9,12H,10-11,20H2,1-2H3,(H,21,22);1H. The van der Waals surface area contributed by atoms with E-state index in [0.717, 1.165) is 0 Å². The van der Waals surface area contributed by atoms with E-state index in [1.54, 1.807) is 50.2 Å². The molecule has 0 spiro atoms. The molecule has 0 bridgehead atoms. The van der Waals surface area contributed by atoms with Gasteiger partial charge in [0, 0.05) is 12.2 Å². The largest absolute Gasteiger partial charge is 0.492 e. The third-order valence-corrected chi connectivity index (χ3v) is 3.61. The number of carbonyl (C=O) groups is 1. The molecule has 2 aromatic rings. The first kappa shape index (κ1) is 19.9. The van der Waals surface area contributed by atoms with Crippen LogP contribution in [0.5, 0.6) is 5.75 Å². The first-order chi connectivity index (χ1) is 10.9. The van der Waals surface area contributed by atoms with Crippen LogP contribution in [0.15, 0.2) is 48.5 Å². The quantitative estimate of drug-likeness (QED) is 0.836. The van der Waals surface area contributed by atoms with E-state index in [1.165, 1.54) is 12.1 Å². The number of rotatable bonds is 6. The number of nitrogens with one attached hydrogen (secondary N) is 1. The Morgan fingerprint density at radius 2 is 1.88 bits per heavy atom. The van der Waals surface area contributed by atoms with Crippen LogP contribution in [-0.4, -0.2) is 19.1 Å². The van der Waals surface area contributed by atoms with Gasteiger partial charge in [0.1, 0.15) is 18.2 Å². The molecule has 0 unspecified atom stereocenters. The summed E-state index contributed by atoms with van der Waals surface area (Å²) < 4.78 is 18.8. The maximum Gasteiger partial charge on any atom is 0.234 e.